The van der Waals surface area contributed by atoms with E-state index in [2.05, 4.69) is 39.8 Å². The molecular formula is C16H22N4. The third-order valence-electron chi connectivity index (χ3n) is 3.80. The molecule has 0 bridgehead atoms. The maximum atomic E-state index is 4.56. The number of pyridine rings is 1. The van der Waals surface area contributed by atoms with Gasteiger partial charge in [0.1, 0.15) is 0 Å². The van der Waals surface area contributed by atoms with E-state index in [0.717, 1.165) is 25.1 Å². The second-order valence-corrected chi connectivity index (χ2v) is 5.80. The van der Waals surface area contributed by atoms with E-state index in [0.29, 0.717) is 6.04 Å². The van der Waals surface area contributed by atoms with Crippen molar-refractivity contribution in [1.29, 1.82) is 0 Å². The molecule has 2 aromatic heterocycles. The maximum absolute atomic E-state index is 4.56. The van der Waals surface area contributed by atoms with Crippen LogP contribution in [-0.2, 0) is 19.4 Å². The topological polar surface area (TPSA) is 42.7 Å². The van der Waals surface area contributed by atoms with E-state index in [1.807, 2.05) is 18.7 Å². The van der Waals surface area contributed by atoms with Crippen molar-refractivity contribution < 1.29 is 0 Å². The molecule has 0 aliphatic heterocycles. The van der Waals surface area contributed by atoms with Gasteiger partial charge in [-0.15, -0.1) is 0 Å². The molecule has 0 amide bonds. The molecule has 0 radical (unpaired) electrons. The minimum atomic E-state index is 0.486. The summed E-state index contributed by atoms with van der Waals surface area (Å²) in [6.07, 6.45) is 10.6. The first kappa shape index (κ1) is 13.3. The Bertz CT molecular complexity index is 586. The molecule has 1 aliphatic carbocycles. The van der Waals surface area contributed by atoms with Crippen molar-refractivity contribution in [2.24, 2.45) is 0 Å². The number of nitrogens with one attached hydrogen (secondary N) is 1. The molecule has 0 unspecified atom stereocenters. The molecule has 0 aromatic carbocycles. The predicted octanol–water partition coefficient (Wildman–Crippen LogP) is 2.64. The number of aryl methyl sites for hydroxylation is 1. The van der Waals surface area contributed by atoms with Crippen molar-refractivity contribution in [2.45, 2.75) is 52.1 Å². The van der Waals surface area contributed by atoms with Gasteiger partial charge in [0.15, 0.2) is 0 Å². The number of aromatic nitrogens is 3. The molecule has 1 aliphatic rings. The highest BCUT2D eigenvalue weighted by Gasteiger charge is 2.16. The van der Waals surface area contributed by atoms with E-state index in [9.17, 15) is 0 Å². The SMILES string of the molecule is CC(C)NCc1cncc(-n2cnc3c2CCCC3)c1. The summed E-state index contributed by atoms with van der Waals surface area (Å²) in [5.41, 5.74) is 4.98. The summed E-state index contributed by atoms with van der Waals surface area (Å²) >= 11 is 0. The van der Waals surface area contributed by atoms with Gasteiger partial charge in [0.25, 0.3) is 0 Å². The molecule has 1 N–H and O–H groups in total. The van der Waals surface area contributed by atoms with E-state index < -0.39 is 0 Å². The molecule has 4 heteroatoms. The molecule has 0 fully saturated rings. The van der Waals surface area contributed by atoms with Gasteiger partial charge in [-0.2, -0.15) is 0 Å². The van der Waals surface area contributed by atoms with Crippen LogP contribution in [0.15, 0.2) is 24.8 Å². The summed E-state index contributed by atoms with van der Waals surface area (Å²) in [6.45, 7) is 5.17. The van der Waals surface area contributed by atoms with Gasteiger partial charge in [0.05, 0.1) is 23.9 Å². The van der Waals surface area contributed by atoms with Crippen LogP contribution in [0.3, 0.4) is 0 Å². The van der Waals surface area contributed by atoms with Crippen LogP contribution < -0.4 is 5.32 Å². The van der Waals surface area contributed by atoms with Gasteiger partial charge in [-0.3, -0.25) is 4.98 Å². The van der Waals surface area contributed by atoms with Crippen LogP contribution in [0.5, 0.6) is 0 Å². The quantitative estimate of drug-likeness (QED) is 0.928. The molecule has 20 heavy (non-hydrogen) atoms. The van der Waals surface area contributed by atoms with E-state index >= 15 is 0 Å². The summed E-state index contributed by atoms with van der Waals surface area (Å²) < 4.78 is 2.21. The van der Waals surface area contributed by atoms with Crippen molar-refractivity contribution in [3.05, 3.63) is 41.7 Å². The number of nitrogens with zero attached hydrogens (tertiary/aromatic N) is 3. The van der Waals surface area contributed by atoms with Crippen LogP contribution in [-0.4, -0.2) is 20.6 Å². The van der Waals surface area contributed by atoms with Gasteiger partial charge in [0, 0.05) is 24.5 Å². The van der Waals surface area contributed by atoms with Crippen LogP contribution in [0.2, 0.25) is 0 Å². The molecule has 3 rings (SSSR count). The van der Waals surface area contributed by atoms with Gasteiger partial charge in [-0.05, 0) is 37.3 Å². The van der Waals surface area contributed by atoms with Crippen molar-refractivity contribution in [1.82, 2.24) is 19.9 Å². The Morgan fingerprint density at radius 2 is 2.10 bits per heavy atom. The summed E-state index contributed by atoms with van der Waals surface area (Å²) in [4.78, 5) is 8.94. The maximum Gasteiger partial charge on any atom is 0.0998 e. The summed E-state index contributed by atoms with van der Waals surface area (Å²) in [6, 6.07) is 2.69. The summed E-state index contributed by atoms with van der Waals surface area (Å²) in [5, 5.41) is 3.43. The number of imidazole rings is 1. The van der Waals surface area contributed by atoms with Crippen molar-refractivity contribution >= 4 is 0 Å². The second kappa shape index (κ2) is 5.75. The first-order chi connectivity index (χ1) is 9.74. The normalized spacial score (nSPS) is 14.6. The second-order valence-electron chi connectivity index (χ2n) is 5.80. The summed E-state index contributed by atoms with van der Waals surface area (Å²) in [5.74, 6) is 0. The fourth-order valence-corrected chi connectivity index (χ4v) is 2.72. The molecule has 0 saturated carbocycles. The molecule has 0 saturated heterocycles. The lowest BCUT2D eigenvalue weighted by Gasteiger charge is -2.14. The first-order valence-corrected chi connectivity index (χ1v) is 7.47. The lowest BCUT2D eigenvalue weighted by Crippen LogP contribution is -2.22. The smallest absolute Gasteiger partial charge is 0.0998 e. The molecule has 2 aromatic rings. The average molecular weight is 270 g/mol. The third-order valence-corrected chi connectivity index (χ3v) is 3.80. The lowest BCUT2D eigenvalue weighted by molar-refractivity contribution is 0.587. The molecule has 2 heterocycles. The number of rotatable bonds is 4. The zero-order valence-corrected chi connectivity index (χ0v) is 12.3. The molecule has 4 nitrogen and oxygen atoms in total. The van der Waals surface area contributed by atoms with Gasteiger partial charge < -0.3 is 9.88 Å². The summed E-state index contributed by atoms with van der Waals surface area (Å²) in [7, 11) is 0. The van der Waals surface area contributed by atoms with Crippen LogP contribution in [0.1, 0.15) is 43.6 Å². The molecule has 0 atom stereocenters. The monoisotopic (exact) mass is 270 g/mol. The Labute approximate surface area is 120 Å². The van der Waals surface area contributed by atoms with E-state index in [4.69, 9.17) is 0 Å². The lowest BCUT2D eigenvalue weighted by atomic mass is 10.0. The predicted molar refractivity (Wildman–Crippen MR) is 80.0 cm³/mol. The minimum absolute atomic E-state index is 0.486. The first-order valence-electron chi connectivity index (χ1n) is 7.47. The number of hydrogen-bond donors (Lipinski definition) is 1. The Balaban J connectivity index is 1.86. The van der Waals surface area contributed by atoms with Crippen molar-refractivity contribution in [3.63, 3.8) is 0 Å². The van der Waals surface area contributed by atoms with Crippen molar-refractivity contribution in [3.8, 4) is 5.69 Å². The Morgan fingerprint density at radius 3 is 2.95 bits per heavy atom. The van der Waals surface area contributed by atoms with E-state index in [1.165, 1.54) is 29.8 Å². The molecule has 0 spiro atoms. The fraction of sp³-hybridized carbons (Fsp3) is 0.500. The Kier molecular flexibility index (Phi) is 3.83. The fourth-order valence-electron chi connectivity index (χ4n) is 2.72. The van der Waals surface area contributed by atoms with Gasteiger partial charge in [-0.1, -0.05) is 13.8 Å². The van der Waals surface area contributed by atoms with Gasteiger partial charge in [-0.25, -0.2) is 4.98 Å². The largest absolute Gasteiger partial charge is 0.310 e. The van der Waals surface area contributed by atoms with E-state index in [-0.39, 0.29) is 0 Å². The zero-order valence-electron chi connectivity index (χ0n) is 12.3. The van der Waals surface area contributed by atoms with Gasteiger partial charge >= 0.3 is 0 Å². The highest BCUT2D eigenvalue weighted by atomic mass is 15.1. The highest BCUT2D eigenvalue weighted by Crippen LogP contribution is 2.23. The average Bonchev–Trinajstić information content (AvgIpc) is 2.89. The van der Waals surface area contributed by atoms with Crippen LogP contribution in [0.4, 0.5) is 0 Å². The standard InChI is InChI=1S/C16H22N4/c1-12(2)18-9-13-7-14(10-17-8-13)20-11-19-15-5-3-4-6-16(15)20/h7-8,10-12,18H,3-6,9H2,1-2H3. The number of fused-ring (bicyclic) bond motifs is 1. The van der Waals surface area contributed by atoms with Gasteiger partial charge in [0.2, 0.25) is 0 Å². The molecular weight excluding hydrogens is 248 g/mol. The zero-order chi connectivity index (χ0) is 13.9. The van der Waals surface area contributed by atoms with E-state index in [1.54, 1.807) is 0 Å². The van der Waals surface area contributed by atoms with Crippen LogP contribution in [0, 0.1) is 0 Å². The molecule has 106 valence electrons. The number of hydrogen-bond acceptors (Lipinski definition) is 3. The van der Waals surface area contributed by atoms with Crippen LogP contribution >= 0.6 is 0 Å². The van der Waals surface area contributed by atoms with Crippen molar-refractivity contribution in [2.75, 3.05) is 0 Å². The van der Waals surface area contributed by atoms with Crippen LogP contribution in [0.25, 0.3) is 5.69 Å². The Hall–Kier alpha value is -1.68. The minimum Gasteiger partial charge on any atom is -0.310 e. The Morgan fingerprint density at radius 1 is 1.25 bits per heavy atom. The highest BCUT2D eigenvalue weighted by molar-refractivity contribution is 5.36. The third kappa shape index (κ3) is 2.75.